The Labute approximate surface area is 630 Å². The lowest BCUT2D eigenvalue weighted by Crippen LogP contribution is -2.56. The Morgan fingerprint density at radius 3 is 1.24 bits per heavy atom. The van der Waals surface area contributed by atoms with Crippen LogP contribution in [0.15, 0.2) is 24.3 Å². The molecule has 1 rings (SSSR count). The normalized spacial score (nSPS) is 14.7. The Morgan fingerprint density at radius 1 is 0.435 bits per heavy atom. The lowest BCUT2D eigenvalue weighted by atomic mass is 10.0. The number of unbranched alkanes of at least 4 members (excludes halogenated alkanes) is 1. The number of nitrogens with zero attached hydrogens (tertiary/aromatic N) is 1. The Morgan fingerprint density at radius 2 is 0.833 bits per heavy atom. The van der Waals surface area contributed by atoms with Gasteiger partial charge in [-0.3, -0.25) is 24.1 Å². The largest absolute Gasteiger partial charge is 0.445 e. The highest BCUT2D eigenvalue weighted by atomic mass is 16.6. The van der Waals surface area contributed by atoms with Crippen molar-refractivity contribution in [2.45, 2.75) is 126 Å². The summed E-state index contributed by atoms with van der Waals surface area (Å²) >= 11 is 0. The summed E-state index contributed by atoms with van der Waals surface area (Å²) in [5, 5.41) is 117. The zero-order valence-electron chi connectivity index (χ0n) is 62.3. The van der Waals surface area contributed by atoms with Crippen molar-refractivity contribution in [2.24, 2.45) is 23.1 Å². The van der Waals surface area contributed by atoms with Crippen molar-refractivity contribution in [1.82, 2.24) is 36.8 Å². The maximum absolute atomic E-state index is 13.6. The van der Waals surface area contributed by atoms with Gasteiger partial charge in [-0.15, -0.1) is 0 Å². The monoisotopic (exact) mass is 1560 g/mol. The van der Waals surface area contributed by atoms with E-state index in [9.17, 15) is 74.4 Å². The third-order valence-corrected chi connectivity index (χ3v) is 15.4. The molecule has 1 aromatic carbocycles. The second-order valence-corrected chi connectivity index (χ2v) is 24.6. The number of aliphatic hydroxyl groups excluding tert-OH is 10. The van der Waals surface area contributed by atoms with Crippen LogP contribution in [0.1, 0.15) is 57.9 Å². The first-order valence-electron chi connectivity index (χ1n) is 36.2. The number of urea groups is 2. The molecule has 23 N–H and O–H groups in total. The molecule has 0 heterocycles. The molecule has 0 radical (unpaired) electrons. The number of carbonyl (C=O) groups excluding carboxylic acids is 7. The van der Waals surface area contributed by atoms with E-state index >= 15 is 0 Å². The SMILES string of the molecule is CC(C)[C@H](NC(=O)[C@@H](N)CCCCNC(=O)CCOCCOCCOCCOCCOCCOCCOCCOCCOCCOCCOCCOCCNC(=O)NCCN(C[C@H](O)[C@@H](O)[C@H](O)[C@H](O)CO)C[C@H](O)[C@@H](O)[C@H](O)[C@H](O)CO)C(=O)N[C@@H](CCCNC(N)=O)C(=O)Nc1ccc(COC(N)=O)cc1. The number of primary amides is 2. The van der Waals surface area contributed by atoms with Crippen molar-refractivity contribution < 1.29 is 146 Å². The van der Waals surface area contributed by atoms with E-state index in [1.54, 1.807) is 38.1 Å². The molecule has 0 aliphatic rings. The van der Waals surface area contributed by atoms with Gasteiger partial charge in [-0.05, 0) is 55.7 Å². The number of hydrogen-bond donors (Lipinski definition) is 20. The number of aliphatic hydroxyl groups is 10. The Bertz CT molecular complexity index is 2440. The molecule has 1 aromatic rings. The van der Waals surface area contributed by atoms with Gasteiger partial charge in [-0.1, -0.05) is 26.0 Å². The number of hydrogen-bond acceptors (Lipinski definition) is 32. The fraction of sp³-hybridized carbons (Fsp3) is 0.806. The smallest absolute Gasteiger partial charge is 0.404 e. The fourth-order valence-corrected chi connectivity index (χ4v) is 9.29. The predicted octanol–water partition coefficient (Wildman–Crippen LogP) is -7.03. The van der Waals surface area contributed by atoms with Crippen LogP contribution in [-0.2, 0) is 87.4 Å². The second kappa shape index (κ2) is 65.6. The van der Waals surface area contributed by atoms with Crippen molar-refractivity contribution in [3.8, 4) is 0 Å². The van der Waals surface area contributed by atoms with Crippen molar-refractivity contribution in [1.29, 1.82) is 0 Å². The Balaban J connectivity index is 1.96. The number of anilines is 1. The summed E-state index contributed by atoms with van der Waals surface area (Å²) in [4.78, 5) is 88.1. The number of ether oxygens (including phenoxy) is 13. The van der Waals surface area contributed by atoms with E-state index in [1.165, 1.54) is 4.90 Å². The molecular formula is C67H125N11O30. The molecular weight excluding hydrogens is 1440 g/mol. The lowest BCUT2D eigenvalue weighted by molar-refractivity contribution is -0.132. The average Bonchev–Trinajstić information content (AvgIpc) is 0.878. The van der Waals surface area contributed by atoms with Gasteiger partial charge in [0.2, 0.25) is 23.6 Å². The molecule has 628 valence electrons. The van der Waals surface area contributed by atoms with Crippen LogP contribution in [-0.4, -0.2) is 382 Å². The molecule has 0 saturated carbocycles. The van der Waals surface area contributed by atoms with Gasteiger partial charge in [0.15, 0.2) is 0 Å². The summed E-state index contributed by atoms with van der Waals surface area (Å²) in [6.45, 7) is 9.58. The van der Waals surface area contributed by atoms with Gasteiger partial charge in [0, 0.05) is 57.9 Å². The summed E-state index contributed by atoms with van der Waals surface area (Å²) in [7, 11) is 0. The summed E-state index contributed by atoms with van der Waals surface area (Å²) < 4.78 is 70.8. The van der Waals surface area contributed by atoms with Crippen LogP contribution in [0.25, 0.3) is 0 Å². The molecule has 0 bridgehead atoms. The average molecular weight is 1560 g/mol. The van der Waals surface area contributed by atoms with Crippen molar-refractivity contribution in [3.05, 3.63) is 29.8 Å². The number of benzene rings is 1. The molecule has 0 spiro atoms. The minimum atomic E-state index is -1.94. The molecule has 108 heavy (non-hydrogen) atoms. The molecule has 0 aliphatic carbocycles. The zero-order valence-corrected chi connectivity index (χ0v) is 62.3. The predicted molar refractivity (Wildman–Crippen MR) is 384 cm³/mol. The summed E-state index contributed by atoms with van der Waals surface area (Å²) in [6.07, 6.45) is -13.8. The van der Waals surface area contributed by atoms with Crippen molar-refractivity contribution >= 4 is 47.5 Å². The van der Waals surface area contributed by atoms with Crippen LogP contribution < -0.4 is 54.4 Å². The first kappa shape index (κ1) is 100.0. The first-order valence-corrected chi connectivity index (χ1v) is 36.2. The summed E-state index contributed by atoms with van der Waals surface area (Å²) in [6, 6.07) is 2.04. The van der Waals surface area contributed by atoms with Crippen molar-refractivity contribution in [3.63, 3.8) is 0 Å². The standard InChI is InChI=1S/C67H125N11O30/c1-47(2)57(64(92)76-51(7-5-14-72-65(69)93)63(91)75-49-10-8-48(9-11-49)46-108-66(70)94)77-62(90)50(68)6-3-4-13-71-56(85)12-18-96-20-22-98-24-26-100-28-30-102-32-34-104-36-38-106-40-41-107-39-37-105-35-33-103-31-29-101-27-25-99-23-21-97-19-16-74-67(95)73-15-17-78(42-52(81)58(86)60(88)54(83)44-79)43-53(82)59(87)61(89)55(84)45-80/h8-11,47,50-55,57-61,79-84,86-89H,3-7,12-46,68H2,1-2H3,(H2,70,94)(H,71,85)(H,75,91)(H,76,92)(H,77,90)(H3,69,72,93)(H2,73,74,95)/t50-,51-,52-,53-,54+,55+,57-,58+,59+,60+,61+/m0/s1. The van der Waals surface area contributed by atoms with Crippen LogP contribution in [0, 0.1) is 5.92 Å². The van der Waals surface area contributed by atoms with E-state index in [-0.39, 0.29) is 96.7 Å². The van der Waals surface area contributed by atoms with Gasteiger partial charge in [-0.25, -0.2) is 14.4 Å². The third kappa shape index (κ3) is 52.9. The fourth-order valence-electron chi connectivity index (χ4n) is 9.29. The first-order chi connectivity index (χ1) is 51.9. The van der Waals surface area contributed by atoms with Crippen molar-refractivity contribution in [2.75, 3.05) is 223 Å². The van der Waals surface area contributed by atoms with E-state index in [2.05, 4.69) is 37.2 Å². The lowest BCUT2D eigenvalue weighted by Gasteiger charge is -2.33. The maximum atomic E-state index is 13.6. The highest BCUT2D eigenvalue weighted by Gasteiger charge is 2.35. The highest BCUT2D eigenvalue weighted by Crippen LogP contribution is 2.15. The van der Waals surface area contributed by atoms with Gasteiger partial charge >= 0.3 is 18.2 Å². The molecule has 0 fully saturated rings. The quantitative estimate of drug-likeness (QED) is 0.0270. The molecule has 41 nitrogen and oxygen atoms in total. The number of nitrogens with two attached hydrogens (primary N) is 3. The van der Waals surface area contributed by atoms with Crippen LogP contribution in [0.2, 0.25) is 0 Å². The van der Waals surface area contributed by atoms with E-state index in [4.69, 9.17) is 89.0 Å². The van der Waals surface area contributed by atoms with E-state index in [1.807, 2.05) is 0 Å². The van der Waals surface area contributed by atoms with Crippen LogP contribution in [0.3, 0.4) is 0 Å². The topological polar surface area (TPSA) is 607 Å². The van der Waals surface area contributed by atoms with Crippen LogP contribution >= 0.6 is 0 Å². The third-order valence-electron chi connectivity index (χ3n) is 15.4. The Hall–Kier alpha value is -6.05. The van der Waals surface area contributed by atoms with Gasteiger partial charge in [0.05, 0.1) is 190 Å². The minimum Gasteiger partial charge on any atom is -0.445 e. The van der Waals surface area contributed by atoms with E-state index in [0.29, 0.717) is 163 Å². The molecule has 0 aliphatic heterocycles. The minimum absolute atomic E-state index is 0.0592. The summed E-state index contributed by atoms with van der Waals surface area (Å²) in [5.41, 5.74) is 17.4. The second-order valence-electron chi connectivity index (χ2n) is 24.6. The molecule has 9 amide bonds. The number of rotatable bonds is 72. The zero-order chi connectivity index (χ0) is 80.0. The van der Waals surface area contributed by atoms with E-state index < -0.39 is 129 Å². The van der Waals surface area contributed by atoms with Gasteiger partial charge in [-0.2, -0.15) is 0 Å². The number of carbonyl (C=O) groups is 7. The van der Waals surface area contributed by atoms with Gasteiger partial charge in [0.1, 0.15) is 55.3 Å². The molecule has 11 atom stereocenters. The van der Waals surface area contributed by atoms with E-state index in [0.717, 1.165) is 0 Å². The highest BCUT2D eigenvalue weighted by molar-refractivity contribution is 5.98. The van der Waals surface area contributed by atoms with Crippen LogP contribution in [0.4, 0.5) is 20.1 Å². The Kier molecular flexibility index (Phi) is 60.8. The summed E-state index contributed by atoms with van der Waals surface area (Å²) in [5.74, 6) is -2.30. The molecule has 41 heteroatoms. The molecule has 0 saturated heterocycles. The van der Waals surface area contributed by atoms with Gasteiger partial charge < -0.3 is 167 Å². The molecule has 0 unspecified atom stereocenters. The molecule has 0 aromatic heterocycles. The number of nitrogens with one attached hydrogen (secondary N) is 7. The van der Waals surface area contributed by atoms with Gasteiger partial charge in [0.25, 0.3) is 0 Å². The van der Waals surface area contributed by atoms with Crippen LogP contribution in [0.5, 0.6) is 0 Å². The number of amides is 9. The maximum Gasteiger partial charge on any atom is 0.404 e.